The van der Waals surface area contributed by atoms with Gasteiger partial charge in [-0.15, -0.1) is 18.0 Å². The van der Waals surface area contributed by atoms with Crippen LogP contribution in [0.3, 0.4) is 0 Å². The van der Waals surface area contributed by atoms with Gasteiger partial charge in [-0.25, -0.2) is 11.6 Å². The maximum Gasteiger partial charge on any atom is 0.0307 e. The second-order valence-corrected chi connectivity index (χ2v) is 5.20. The van der Waals surface area contributed by atoms with Gasteiger partial charge in [0, 0.05) is 42.1 Å². The molecule has 20 heavy (non-hydrogen) atoms. The Labute approximate surface area is 150 Å². The SMILES string of the molecule is CCl.C[Si]C.[C-]1=C(C2C=Cc3ccccc32)C=CC1.[Zr]. The van der Waals surface area contributed by atoms with Gasteiger partial charge >= 0.3 is 0 Å². The number of benzene rings is 1. The molecule has 104 valence electrons. The van der Waals surface area contributed by atoms with Crippen molar-refractivity contribution in [3.8, 4) is 0 Å². The largest absolute Gasteiger partial charge is 0.269 e. The molecule has 2 aliphatic rings. The zero-order chi connectivity index (χ0) is 14.1. The zero-order valence-corrected chi connectivity index (χ0v) is 16.5. The van der Waals surface area contributed by atoms with Crippen molar-refractivity contribution in [2.24, 2.45) is 0 Å². The number of hydrogen-bond donors (Lipinski definition) is 0. The molecule has 2 radical (unpaired) electrons. The molecule has 0 aliphatic heterocycles. The average molecular weight is 379 g/mol. The van der Waals surface area contributed by atoms with E-state index < -0.39 is 0 Å². The van der Waals surface area contributed by atoms with Gasteiger partial charge in [0.1, 0.15) is 0 Å². The number of fused-ring (bicyclic) bond motifs is 1. The second-order valence-electron chi connectivity index (χ2n) is 4.20. The molecule has 0 nitrogen and oxygen atoms in total. The Kier molecular flexibility index (Phi) is 11.4. The van der Waals surface area contributed by atoms with Gasteiger partial charge in [0.25, 0.3) is 0 Å². The van der Waals surface area contributed by atoms with E-state index in [9.17, 15) is 0 Å². The summed E-state index contributed by atoms with van der Waals surface area (Å²) in [7, 11) is 1.08. The van der Waals surface area contributed by atoms with Crippen molar-refractivity contribution in [1.29, 1.82) is 0 Å². The zero-order valence-electron chi connectivity index (χ0n) is 12.3. The van der Waals surface area contributed by atoms with Crippen LogP contribution in [-0.4, -0.2) is 15.9 Å². The number of alkyl halides is 1. The molecule has 1 unspecified atom stereocenters. The van der Waals surface area contributed by atoms with Gasteiger partial charge in [-0.05, 0) is 17.0 Å². The third-order valence-electron chi connectivity index (χ3n) is 2.86. The minimum Gasteiger partial charge on any atom is -0.269 e. The minimum atomic E-state index is 0. The van der Waals surface area contributed by atoms with E-state index in [1.807, 2.05) is 0 Å². The van der Waals surface area contributed by atoms with Crippen LogP contribution in [-0.2, 0) is 26.2 Å². The molecule has 0 spiro atoms. The van der Waals surface area contributed by atoms with Crippen molar-refractivity contribution in [3.63, 3.8) is 0 Å². The van der Waals surface area contributed by atoms with E-state index in [1.54, 1.807) is 0 Å². The average Bonchev–Trinajstić information content (AvgIpc) is 3.10. The monoisotopic (exact) mass is 377 g/mol. The molecule has 0 heterocycles. The molecule has 3 heteroatoms. The maximum atomic E-state index is 4.64. The van der Waals surface area contributed by atoms with Crippen LogP contribution >= 0.6 is 11.6 Å². The first-order valence-corrected chi connectivity index (χ1v) is 9.13. The molecule has 0 bridgehead atoms. The summed E-state index contributed by atoms with van der Waals surface area (Å²) in [4.78, 5) is 0. The molecule has 0 saturated carbocycles. The quantitative estimate of drug-likeness (QED) is 0.361. The van der Waals surface area contributed by atoms with Gasteiger partial charge in [0.05, 0.1) is 0 Å². The Morgan fingerprint density at radius 1 is 1.15 bits per heavy atom. The number of allylic oxidation sites excluding steroid dienone is 5. The molecule has 0 N–H and O–H groups in total. The van der Waals surface area contributed by atoms with Crippen LogP contribution in [0, 0.1) is 6.08 Å². The van der Waals surface area contributed by atoms with E-state index >= 15 is 0 Å². The maximum absolute atomic E-state index is 4.64. The summed E-state index contributed by atoms with van der Waals surface area (Å²) in [5.41, 5.74) is 4.10. The fourth-order valence-corrected chi connectivity index (χ4v) is 2.16. The van der Waals surface area contributed by atoms with E-state index in [4.69, 9.17) is 0 Å². The Balaban J connectivity index is 0.000000540. The van der Waals surface area contributed by atoms with Crippen molar-refractivity contribution in [2.75, 3.05) is 6.38 Å². The Hall–Kier alpha value is -0.170. The van der Waals surface area contributed by atoms with Crippen molar-refractivity contribution >= 4 is 27.2 Å². The molecular weight excluding hydrogens is 359 g/mol. The smallest absolute Gasteiger partial charge is 0.0307 e. The first-order valence-electron chi connectivity index (χ1n) is 6.37. The van der Waals surface area contributed by atoms with Crippen LogP contribution in [0.1, 0.15) is 23.5 Å². The van der Waals surface area contributed by atoms with Crippen molar-refractivity contribution < 1.29 is 26.2 Å². The van der Waals surface area contributed by atoms with Crippen molar-refractivity contribution in [3.05, 3.63) is 65.3 Å². The van der Waals surface area contributed by atoms with E-state index in [1.165, 1.54) is 23.1 Å². The predicted molar refractivity (Wildman–Crippen MR) is 88.0 cm³/mol. The second kappa shape index (κ2) is 11.5. The van der Waals surface area contributed by atoms with E-state index in [0.717, 1.165) is 15.9 Å². The molecule has 0 saturated heterocycles. The third kappa shape index (κ3) is 5.31. The fourth-order valence-electron chi connectivity index (χ4n) is 2.16. The molecule has 0 aromatic heterocycles. The standard InChI is InChI=1S/C14H11.C2H6Si.CH3Cl.Zr/c1-2-6-11(5-1)14-10-9-12-7-3-4-8-13(12)14;1-3-2;1-2;/h1,3-5,7-10,14H,2H2;1-2H3;1H3;/q-1;;;. The minimum absolute atomic E-state index is 0. The summed E-state index contributed by atoms with van der Waals surface area (Å²) in [5, 5.41) is 0. The summed E-state index contributed by atoms with van der Waals surface area (Å²) in [6.07, 6.45) is 14.7. The Morgan fingerprint density at radius 2 is 1.80 bits per heavy atom. The van der Waals surface area contributed by atoms with E-state index in [-0.39, 0.29) is 26.2 Å². The van der Waals surface area contributed by atoms with Gasteiger partial charge in [-0.2, -0.15) is 6.08 Å². The Morgan fingerprint density at radius 3 is 2.40 bits per heavy atom. The normalized spacial score (nSPS) is 17.0. The molecular formula is C17H20ClSiZr-. The van der Waals surface area contributed by atoms with Crippen LogP contribution < -0.4 is 0 Å². The van der Waals surface area contributed by atoms with E-state index in [2.05, 4.69) is 79.3 Å². The van der Waals surface area contributed by atoms with Crippen LogP contribution in [0.2, 0.25) is 13.1 Å². The first kappa shape index (κ1) is 19.8. The van der Waals surface area contributed by atoms with Gasteiger partial charge in [-0.3, -0.25) is 6.08 Å². The summed E-state index contributed by atoms with van der Waals surface area (Å²) >= 11 is 4.64. The summed E-state index contributed by atoms with van der Waals surface area (Å²) in [5.74, 6) is 0.449. The molecule has 3 rings (SSSR count). The Bertz CT molecular complexity index is 478. The van der Waals surface area contributed by atoms with E-state index in [0.29, 0.717) is 5.92 Å². The van der Waals surface area contributed by atoms with Gasteiger partial charge in [-0.1, -0.05) is 49.5 Å². The van der Waals surface area contributed by atoms with Gasteiger partial charge in [0.15, 0.2) is 0 Å². The predicted octanol–water partition coefficient (Wildman–Crippen LogP) is 5.13. The molecule has 1 aromatic rings. The van der Waals surface area contributed by atoms with Crippen molar-refractivity contribution in [2.45, 2.75) is 25.4 Å². The molecule has 0 amide bonds. The first-order chi connectivity index (χ1) is 9.36. The number of hydrogen-bond acceptors (Lipinski definition) is 0. The van der Waals surface area contributed by atoms with Crippen LogP contribution in [0.15, 0.2) is 48.1 Å². The third-order valence-corrected chi connectivity index (χ3v) is 2.86. The molecule has 0 fully saturated rings. The topological polar surface area (TPSA) is 0 Å². The van der Waals surface area contributed by atoms with Crippen LogP contribution in [0.25, 0.3) is 6.08 Å². The number of rotatable bonds is 1. The summed E-state index contributed by atoms with van der Waals surface area (Å²) in [6.45, 7) is 4.31. The fraction of sp³-hybridized carbons (Fsp3) is 0.294. The number of halogens is 1. The summed E-state index contributed by atoms with van der Waals surface area (Å²) in [6, 6.07) is 8.58. The molecule has 1 atom stereocenters. The van der Waals surface area contributed by atoms with Gasteiger partial charge < -0.3 is 0 Å². The van der Waals surface area contributed by atoms with Crippen molar-refractivity contribution in [1.82, 2.24) is 0 Å². The van der Waals surface area contributed by atoms with Gasteiger partial charge in [0.2, 0.25) is 0 Å². The molecule has 2 aliphatic carbocycles. The molecule has 1 aromatic carbocycles. The van der Waals surface area contributed by atoms with Crippen LogP contribution in [0.5, 0.6) is 0 Å². The summed E-state index contributed by atoms with van der Waals surface area (Å²) < 4.78 is 0. The van der Waals surface area contributed by atoms with Crippen LogP contribution in [0.4, 0.5) is 0 Å².